The molecule has 4 rings (SSSR count). The minimum atomic E-state index is -0.875. The Kier molecular flexibility index (Phi) is 5.63. The fourth-order valence-corrected chi connectivity index (χ4v) is 3.16. The van der Waals surface area contributed by atoms with Gasteiger partial charge in [-0.1, -0.05) is 18.2 Å². The molecule has 2 heterocycles. The smallest absolute Gasteiger partial charge is 0.338 e. The number of rotatable bonds is 6. The van der Waals surface area contributed by atoms with Crippen molar-refractivity contribution in [1.29, 1.82) is 0 Å². The number of esters is 1. The number of carbonyl (C=O) groups excluding carboxylic acids is 5. The third-order valence-electron chi connectivity index (χ3n) is 4.72. The van der Waals surface area contributed by atoms with Crippen LogP contribution in [0.4, 0.5) is 0 Å². The van der Waals surface area contributed by atoms with E-state index in [-0.39, 0.29) is 28.8 Å². The molecule has 0 radical (unpaired) electrons. The van der Waals surface area contributed by atoms with Crippen LogP contribution in [0, 0.1) is 0 Å². The highest BCUT2D eigenvalue weighted by atomic mass is 16.5. The van der Waals surface area contributed by atoms with Crippen molar-refractivity contribution in [3.8, 4) is 0 Å². The van der Waals surface area contributed by atoms with Crippen LogP contribution in [-0.2, 0) is 16.1 Å². The molecule has 0 fully saturated rings. The number of ether oxygens (including phenoxy) is 1. The van der Waals surface area contributed by atoms with Gasteiger partial charge in [0.15, 0.2) is 6.61 Å². The standard InChI is InChI=1S/C23H16N2O7/c26-19(24-20(27)14-5-2-1-3-6-14)13-32-23(30)15-8-9-17-18(11-15)22(29)25(21(17)28)12-16-7-4-10-31-16/h1-11H,12-13H2,(H,24,26,27). The largest absolute Gasteiger partial charge is 0.467 e. The average molecular weight is 432 g/mol. The number of hydrogen-bond acceptors (Lipinski definition) is 7. The Balaban J connectivity index is 1.38. The minimum Gasteiger partial charge on any atom is -0.467 e. The lowest BCUT2D eigenvalue weighted by Gasteiger charge is -2.11. The van der Waals surface area contributed by atoms with Crippen molar-refractivity contribution in [1.82, 2.24) is 10.2 Å². The first-order valence-electron chi connectivity index (χ1n) is 9.53. The number of furan rings is 1. The second kappa shape index (κ2) is 8.68. The van der Waals surface area contributed by atoms with Crippen LogP contribution in [0.3, 0.4) is 0 Å². The van der Waals surface area contributed by atoms with Gasteiger partial charge in [0.1, 0.15) is 5.76 Å². The highest BCUT2D eigenvalue weighted by Gasteiger charge is 2.36. The zero-order chi connectivity index (χ0) is 22.7. The fourth-order valence-electron chi connectivity index (χ4n) is 3.16. The van der Waals surface area contributed by atoms with Crippen molar-refractivity contribution in [2.75, 3.05) is 6.61 Å². The predicted molar refractivity (Wildman–Crippen MR) is 109 cm³/mol. The molecule has 160 valence electrons. The topological polar surface area (TPSA) is 123 Å². The number of amides is 4. The second-order valence-electron chi connectivity index (χ2n) is 6.86. The van der Waals surface area contributed by atoms with Crippen molar-refractivity contribution in [3.05, 3.63) is 94.9 Å². The summed E-state index contributed by atoms with van der Waals surface area (Å²) in [6.45, 7) is -0.722. The molecule has 0 atom stereocenters. The lowest BCUT2D eigenvalue weighted by atomic mass is 10.1. The van der Waals surface area contributed by atoms with Crippen molar-refractivity contribution < 1.29 is 33.1 Å². The summed E-state index contributed by atoms with van der Waals surface area (Å²) in [7, 11) is 0. The van der Waals surface area contributed by atoms with E-state index in [1.165, 1.54) is 36.6 Å². The van der Waals surface area contributed by atoms with Gasteiger partial charge in [-0.05, 0) is 42.5 Å². The zero-order valence-corrected chi connectivity index (χ0v) is 16.6. The van der Waals surface area contributed by atoms with E-state index in [1.54, 1.807) is 30.3 Å². The normalized spacial score (nSPS) is 12.4. The Morgan fingerprint density at radius 3 is 2.34 bits per heavy atom. The van der Waals surface area contributed by atoms with Gasteiger partial charge in [0.05, 0.1) is 29.5 Å². The molecular formula is C23H16N2O7. The number of fused-ring (bicyclic) bond motifs is 1. The number of imide groups is 2. The summed E-state index contributed by atoms with van der Waals surface area (Å²) in [4.78, 5) is 62.4. The number of nitrogens with zero attached hydrogens (tertiary/aromatic N) is 1. The third kappa shape index (κ3) is 4.17. The summed E-state index contributed by atoms with van der Waals surface area (Å²) < 4.78 is 10.1. The number of carbonyl (C=O) groups is 5. The Hall–Kier alpha value is -4.53. The van der Waals surface area contributed by atoms with Crippen LogP contribution >= 0.6 is 0 Å². The fraction of sp³-hybridized carbons (Fsp3) is 0.0870. The minimum absolute atomic E-state index is 0.00747. The molecule has 0 spiro atoms. The lowest BCUT2D eigenvalue weighted by Crippen LogP contribution is -2.34. The number of hydrogen-bond donors (Lipinski definition) is 1. The van der Waals surface area contributed by atoms with Gasteiger partial charge in [-0.25, -0.2) is 4.79 Å². The Morgan fingerprint density at radius 1 is 0.875 bits per heavy atom. The summed E-state index contributed by atoms with van der Waals surface area (Å²) in [6, 6.07) is 15.3. The van der Waals surface area contributed by atoms with Crippen LogP contribution in [0.2, 0.25) is 0 Å². The highest BCUT2D eigenvalue weighted by molar-refractivity contribution is 6.21. The van der Waals surface area contributed by atoms with Gasteiger partial charge in [0.25, 0.3) is 23.6 Å². The van der Waals surface area contributed by atoms with Crippen LogP contribution < -0.4 is 5.32 Å². The monoisotopic (exact) mass is 432 g/mol. The summed E-state index contributed by atoms with van der Waals surface area (Å²) >= 11 is 0. The van der Waals surface area contributed by atoms with Crippen molar-refractivity contribution >= 4 is 29.6 Å². The second-order valence-corrected chi connectivity index (χ2v) is 6.86. The first kappa shape index (κ1) is 20.7. The molecule has 1 aliphatic heterocycles. The van der Waals surface area contributed by atoms with Crippen molar-refractivity contribution in [3.63, 3.8) is 0 Å². The molecule has 9 heteroatoms. The highest BCUT2D eigenvalue weighted by Crippen LogP contribution is 2.26. The van der Waals surface area contributed by atoms with E-state index >= 15 is 0 Å². The van der Waals surface area contributed by atoms with E-state index in [0.29, 0.717) is 5.76 Å². The first-order valence-corrected chi connectivity index (χ1v) is 9.53. The quantitative estimate of drug-likeness (QED) is 0.468. The van der Waals surface area contributed by atoms with Gasteiger partial charge in [-0.3, -0.25) is 29.4 Å². The SMILES string of the molecule is O=C(COC(=O)c1ccc2c(c1)C(=O)N(Cc1ccco1)C2=O)NC(=O)c1ccccc1. The predicted octanol–water partition coefficient (Wildman–Crippen LogP) is 2.19. The summed E-state index contributed by atoms with van der Waals surface area (Å²) in [5.41, 5.74) is 0.490. The average Bonchev–Trinajstić information content (AvgIpc) is 3.41. The van der Waals surface area contributed by atoms with Crippen LogP contribution in [0.15, 0.2) is 71.3 Å². The van der Waals surface area contributed by atoms with Crippen LogP contribution in [-0.4, -0.2) is 41.1 Å². The maximum Gasteiger partial charge on any atom is 0.338 e. The summed E-state index contributed by atoms with van der Waals surface area (Å²) in [6.07, 6.45) is 1.44. The van der Waals surface area contributed by atoms with Gasteiger partial charge in [0.2, 0.25) is 0 Å². The molecular weight excluding hydrogens is 416 g/mol. The third-order valence-corrected chi connectivity index (χ3v) is 4.72. The summed E-state index contributed by atoms with van der Waals surface area (Å²) in [5.74, 6) is -2.92. The van der Waals surface area contributed by atoms with Gasteiger partial charge in [0, 0.05) is 5.56 Å². The summed E-state index contributed by atoms with van der Waals surface area (Å²) in [5, 5.41) is 2.11. The molecule has 0 bridgehead atoms. The Bertz CT molecular complexity index is 1220. The van der Waals surface area contributed by atoms with E-state index < -0.39 is 36.2 Å². The maximum absolute atomic E-state index is 12.6. The van der Waals surface area contributed by atoms with E-state index in [4.69, 9.17) is 9.15 Å². The molecule has 32 heavy (non-hydrogen) atoms. The first-order chi connectivity index (χ1) is 15.4. The van der Waals surface area contributed by atoms with Gasteiger partial charge < -0.3 is 9.15 Å². The molecule has 9 nitrogen and oxygen atoms in total. The van der Waals surface area contributed by atoms with Gasteiger partial charge in [-0.15, -0.1) is 0 Å². The molecule has 3 aromatic rings. The molecule has 0 saturated heterocycles. The van der Waals surface area contributed by atoms with E-state index in [0.717, 1.165) is 4.90 Å². The number of benzene rings is 2. The van der Waals surface area contributed by atoms with E-state index in [2.05, 4.69) is 5.32 Å². The van der Waals surface area contributed by atoms with Crippen molar-refractivity contribution in [2.24, 2.45) is 0 Å². The van der Waals surface area contributed by atoms with Gasteiger partial charge in [-0.2, -0.15) is 0 Å². The lowest BCUT2D eigenvalue weighted by molar-refractivity contribution is -0.123. The molecule has 0 unspecified atom stereocenters. The Labute approximate surface area is 181 Å². The molecule has 1 N–H and O–H groups in total. The van der Waals surface area contributed by atoms with E-state index in [9.17, 15) is 24.0 Å². The zero-order valence-electron chi connectivity index (χ0n) is 16.6. The van der Waals surface area contributed by atoms with Crippen LogP contribution in [0.25, 0.3) is 0 Å². The van der Waals surface area contributed by atoms with Gasteiger partial charge >= 0.3 is 5.97 Å². The van der Waals surface area contributed by atoms with E-state index in [1.807, 2.05) is 0 Å². The molecule has 1 aromatic heterocycles. The maximum atomic E-state index is 12.6. The Morgan fingerprint density at radius 2 is 1.62 bits per heavy atom. The van der Waals surface area contributed by atoms with Crippen LogP contribution in [0.1, 0.15) is 47.2 Å². The molecule has 0 saturated carbocycles. The molecule has 2 aromatic carbocycles. The van der Waals surface area contributed by atoms with Crippen molar-refractivity contribution in [2.45, 2.75) is 6.54 Å². The molecule has 0 aliphatic carbocycles. The molecule has 1 aliphatic rings. The number of nitrogens with one attached hydrogen (secondary N) is 1. The molecule has 4 amide bonds. The van der Waals surface area contributed by atoms with Crippen LogP contribution in [0.5, 0.6) is 0 Å².